The number of hydrogen-bond acceptors (Lipinski definition) is 2. The summed E-state index contributed by atoms with van der Waals surface area (Å²) in [7, 11) is 0. The molecular weight excluding hydrogens is 267 g/mol. The van der Waals surface area contributed by atoms with Crippen molar-refractivity contribution in [1.29, 1.82) is 0 Å². The molecule has 3 aromatic rings. The van der Waals surface area contributed by atoms with Gasteiger partial charge in [0.15, 0.2) is 17.2 Å². The molecule has 0 saturated carbocycles. The number of benzene rings is 2. The highest BCUT2D eigenvalue weighted by Crippen LogP contribution is 2.25. The SMILES string of the molecule is O=C(c1cc2cccc(F)c2o1)c1ccccc1Cl. The molecule has 0 radical (unpaired) electrons. The summed E-state index contributed by atoms with van der Waals surface area (Å²) in [5.74, 6) is -0.773. The largest absolute Gasteiger partial charge is 0.449 e. The molecule has 2 nitrogen and oxygen atoms in total. The fourth-order valence-corrected chi connectivity index (χ4v) is 2.14. The maximum Gasteiger partial charge on any atom is 0.229 e. The second-order valence-corrected chi connectivity index (χ2v) is 4.49. The maximum atomic E-state index is 13.5. The van der Waals surface area contributed by atoms with E-state index >= 15 is 0 Å². The lowest BCUT2D eigenvalue weighted by molar-refractivity contribution is 0.101. The fourth-order valence-electron chi connectivity index (χ4n) is 1.92. The van der Waals surface area contributed by atoms with Gasteiger partial charge in [-0.3, -0.25) is 4.79 Å². The van der Waals surface area contributed by atoms with Gasteiger partial charge >= 0.3 is 0 Å². The number of carbonyl (C=O) groups is 1. The number of furan rings is 1. The normalized spacial score (nSPS) is 10.8. The van der Waals surface area contributed by atoms with Crippen molar-refractivity contribution in [3.63, 3.8) is 0 Å². The van der Waals surface area contributed by atoms with Crippen LogP contribution in [0.5, 0.6) is 0 Å². The summed E-state index contributed by atoms with van der Waals surface area (Å²) >= 11 is 5.96. The molecule has 0 bridgehead atoms. The molecule has 19 heavy (non-hydrogen) atoms. The van der Waals surface area contributed by atoms with Crippen LogP contribution in [0.4, 0.5) is 4.39 Å². The van der Waals surface area contributed by atoms with Crippen molar-refractivity contribution < 1.29 is 13.6 Å². The Hall–Kier alpha value is -2.13. The highest BCUT2D eigenvalue weighted by molar-refractivity contribution is 6.34. The Morgan fingerprint density at radius 1 is 1.11 bits per heavy atom. The van der Waals surface area contributed by atoms with E-state index in [-0.39, 0.29) is 17.1 Å². The van der Waals surface area contributed by atoms with Crippen LogP contribution in [0.25, 0.3) is 11.0 Å². The van der Waals surface area contributed by atoms with Crippen LogP contribution in [0, 0.1) is 5.82 Å². The average Bonchev–Trinajstić information content (AvgIpc) is 2.84. The van der Waals surface area contributed by atoms with Crippen molar-refractivity contribution in [2.24, 2.45) is 0 Å². The maximum absolute atomic E-state index is 13.5. The van der Waals surface area contributed by atoms with Gasteiger partial charge in [0.2, 0.25) is 5.78 Å². The highest BCUT2D eigenvalue weighted by atomic mass is 35.5. The van der Waals surface area contributed by atoms with E-state index in [0.717, 1.165) is 0 Å². The molecule has 0 atom stereocenters. The van der Waals surface area contributed by atoms with Crippen LogP contribution >= 0.6 is 11.6 Å². The predicted octanol–water partition coefficient (Wildman–Crippen LogP) is 4.46. The summed E-state index contributed by atoms with van der Waals surface area (Å²) in [6.45, 7) is 0. The highest BCUT2D eigenvalue weighted by Gasteiger charge is 2.18. The summed E-state index contributed by atoms with van der Waals surface area (Å²) in [4.78, 5) is 12.2. The molecule has 94 valence electrons. The smallest absolute Gasteiger partial charge is 0.229 e. The Morgan fingerprint density at radius 3 is 2.63 bits per heavy atom. The Balaban J connectivity index is 2.12. The van der Waals surface area contributed by atoms with E-state index in [9.17, 15) is 9.18 Å². The van der Waals surface area contributed by atoms with E-state index in [0.29, 0.717) is 16.0 Å². The summed E-state index contributed by atoms with van der Waals surface area (Å²) in [6.07, 6.45) is 0. The zero-order valence-electron chi connectivity index (χ0n) is 9.69. The monoisotopic (exact) mass is 274 g/mol. The molecule has 0 amide bonds. The van der Waals surface area contributed by atoms with Crippen LogP contribution in [-0.4, -0.2) is 5.78 Å². The average molecular weight is 275 g/mol. The zero-order valence-corrected chi connectivity index (χ0v) is 10.4. The molecule has 0 unspecified atom stereocenters. The number of fused-ring (bicyclic) bond motifs is 1. The topological polar surface area (TPSA) is 30.2 Å². The fraction of sp³-hybridized carbons (Fsp3) is 0. The number of para-hydroxylation sites is 1. The Morgan fingerprint density at radius 2 is 1.89 bits per heavy atom. The molecule has 0 aliphatic heterocycles. The van der Waals surface area contributed by atoms with E-state index in [1.165, 1.54) is 12.1 Å². The molecular formula is C15H8ClFO2. The van der Waals surface area contributed by atoms with Gasteiger partial charge in [-0.2, -0.15) is 0 Å². The van der Waals surface area contributed by atoms with Gasteiger partial charge in [0, 0.05) is 10.9 Å². The van der Waals surface area contributed by atoms with Crippen molar-refractivity contribution in [3.05, 3.63) is 70.7 Å². The first-order valence-corrected chi connectivity index (χ1v) is 6.02. The molecule has 0 saturated heterocycles. The molecule has 0 aliphatic rings. The van der Waals surface area contributed by atoms with Gasteiger partial charge in [0.05, 0.1) is 5.02 Å². The second-order valence-electron chi connectivity index (χ2n) is 4.08. The summed E-state index contributed by atoms with van der Waals surface area (Å²) in [5, 5.41) is 0.892. The van der Waals surface area contributed by atoms with Crippen LogP contribution in [0.2, 0.25) is 5.02 Å². The Kier molecular flexibility index (Phi) is 2.84. The molecule has 0 N–H and O–H groups in total. The van der Waals surface area contributed by atoms with Gasteiger partial charge in [0.1, 0.15) is 0 Å². The molecule has 4 heteroatoms. The number of halogens is 2. The van der Waals surface area contributed by atoms with Crippen molar-refractivity contribution in [2.45, 2.75) is 0 Å². The summed E-state index contributed by atoms with van der Waals surface area (Å²) in [5.41, 5.74) is 0.418. The Bertz CT molecular complexity index is 777. The lowest BCUT2D eigenvalue weighted by Crippen LogP contribution is -1.99. The Labute approximate surface area is 113 Å². The van der Waals surface area contributed by atoms with E-state index in [1.54, 1.807) is 36.4 Å². The van der Waals surface area contributed by atoms with E-state index in [1.807, 2.05) is 0 Å². The first-order valence-electron chi connectivity index (χ1n) is 5.64. The lowest BCUT2D eigenvalue weighted by atomic mass is 10.1. The van der Waals surface area contributed by atoms with Gasteiger partial charge < -0.3 is 4.42 Å². The standard InChI is InChI=1S/C15H8ClFO2/c16-11-6-2-1-5-10(11)14(18)13-8-9-4-3-7-12(17)15(9)19-13/h1-8H. The van der Waals surface area contributed by atoms with Gasteiger partial charge in [-0.05, 0) is 24.3 Å². The number of rotatable bonds is 2. The quantitative estimate of drug-likeness (QED) is 0.646. The molecule has 1 aromatic heterocycles. The second kappa shape index (κ2) is 4.52. The van der Waals surface area contributed by atoms with Gasteiger partial charge in [0.25, 0.3) is 0 Å². The minimum atomic E-state index is -0.490. The molecule has 2 aromatic carbocycles. The van der Waals surface area contributed by atoms with Crippen LogP contribution in [0.3, 0.4) is 0 Å². The van der Waals surface area contributed by atoms with Crippen LogP contribution < -0.4 is 0 Å². The van der Waals surface area contributed by atoms with Crippen LogP contribution in [0.15, 0.2) is 52.9 Å². The molecule has 3 rings (SSSR count). The summed E-state index contributed by atoms with van der Waals surface area (Å²) in [6, 6.07) is 12.7. The van der Waals surface area contributed by atoms with Crippen molar-refractivity contribution in [2.75, 3.05) is 0 Å². The first-order chi connectivity index (χ1) is 9.16. The van der Waals surface area contributed by atoms with E-state index in [2.05, 4.69) is 0 Å². The van der Waals surface area contributed by atoms with Gasteiger partial charge in [-0.15, -0.1) is 0 Å². The van der Waals surface area contributed by atoms with Gasteiger partial charge in [-0.25, -0.2) is 4.39 Å². The minimum absolute atomic E-state index is 0.0770. The van der Waals surface area contributed by atoms with Crippen molar-refractivity contribution >= 4 is 28.4 Å². The first kappa shape index (κ1) is 11.9. The van der Waals surface area contributed by atoms with Crippen molar-refractivity contribution in [3.8, 4) is 0 Å². The number of ketones is 1. The molecule has 1 heterocycles. The third-order valence-electron chi connectivity index (χ3n) is 2.84. The third kappa shape index (κ3) is 2.02. The number of hydrogen-bond donors (Lipinski definition) is 0. The lowest BCUT2D eigenvalue weighted by Gasteiger charge is -1.99. The zero-order chi connectivity index (χ0) is 13.4. The molecule has 0 fully saturated rings. The van der Waals surface area contributed by atoms with Gasteiger partial charge in [-0.1, -0.05) is 35.9 Å². The van der Waals surface area contributed by atoms with Crippen molar-refractivity contribution in [1.82, 2.24) is 0 Å². The van der Waals surface area contributed by atoms with Crippen LogP contribution in [-0.2, 0) is 0 Å². The van der Waals surface area contributed by atoms with Crippen LogP contribution in [0.1, 0.15) is 16.1 Å². The molecule has 0 aliphatic carbocycles. The predicted molar refractivity (Wildman–Crippen MR) is 71.1 cm³/mol. The summed E-state index contributed by atoms with van der Waals surface area (Å²) < 4.78 is 18.8. The third-order valence-corrected chi connectivity index (χ3v) is 3.17. The minimum Gasteiger partial charge on any atom is -0.449 e. The van der Waals surface area contributed by atoms with E-state index < -0.39 is 5.82 Å². The number of carbonyl (C=O) groups excluding carboxylic acids is 1. The van der Waals surface area contributed by atoms with E-state index in [4.69, 9.17) is 16.0 Å². The molecule has 0 spiro atoms.